The fourth-order valence-electron chi connectivity index (χ4n) is 1.25. The number of β-amino-alcohol motifs (C(OH)–C–C–N with tert-alkyl or cyclic N) is 1. The summed E-state index contributed by atoms with van der Waals surface area (Å²) in [5.74, 6) is -0.0101. The molecule has 12 heavy (non-hydrogen) atoms. The largest absolute Gasteiger partial charge is 0.396 e. The van der Waals surface area contributed by atoms with Gasteiger partial charge in [0.05, 0.1) is 18.8 Å². The second kappa shape index (κ2) is 5.48. The summed E-state index contributed by atoms with van der Waals surface area (Å²) in [5, 5.41) is 20.4. The third-order valence-electron chi connectivity index (χ3n) is 1.85. The van der Waals surface area contributed by atoms with Crippen molar-refractivity contribution in [2.75, 3.05) is 13.2 Å². The van der Waals surface area contributed by atoms with Crippen LogP contribution in [0.3, 0.4) is 0 Å². The van der Waals surface area contributed by atoms with E-state index in [0.29, 0.717) is 13.0 Å². The van der Waals surface area contributed by atoms with Crippen molar-refractivity contribution in [1.29, 1.82) is 0 Å². The van der Waals surface area contributed by atoms with Crippen LogP contribution in [0.4, 0.5) is 0 Å². The van der Waals surface area contributed by atoms with Crippen LogP contribution in [-0.2, 0) is 4.79 Å². The zero-order chi connectivity index (χ0) is 8.27. The molecule has 0 aliphatic carbocycles. The Morgan fingerprint density at radius 3 is 2.67 bits per heavy atom. The minimum absolute atomic E-state index is 0. The maximum Gasteiger partial charge on any atom is 0.152 e. The number of rotatable bonds is 3. The molecule has 1 aliphatic rings. The number of carbonyl (C=O) groups is 1. The minimum atomic E-state index is -0.400. The molecule has 0 aromatic rings. The van der Waals surface area contributed by atoms with E-state index in [2.05, 4.69) is 5.32 Å². The lowest BCUT2D eigenvalue weighted by Crippen LogP contribution is -2.31. The summed E-state index contributed by atoms with van der Waals surface area (Å²) in [6.07, 6.45) is 0.270. The molecular weight excluding hydrogens is 182 g/mol. The van der Waals surface area contributed by atoms with Gasteiger partial charge in [0.15, 0.2) is 5.78 Å². The van der Waals surface area contributed by atoms with Crippen LogP contribution in [0.1, 0.15) is 12.8 Å². The Morgan fingerprint density at radius 2 is 2.25 bits per heavy atom. The van der Waals surface area contributed by atoms with E-state index >= 15 is 0 Å². The third kappa shape index (κ3) is 3.06. The van der Waals surface area contributed by atoms with Gasteiger partial charge in [0.1, 0.15) is 0 Å². The lowest BCUT2D eigenvalue weighted by molar-refractivity contribution is -0.121. The molecule has 0 amide bonds. The maximum atomic E-state index is 11.1. The number of aliphatic hydroxyl groups is 2. The van der Waals surface area contributed by atoms with Crippen molar-refractivity contribution >= 4 is 18.2 Å². The van der Waals surface area contributed by atoms with E-state index in [1.54, 1.807) is 0 Å². The van der Waals surface area contributed by atoms with Gasteiger partial charge in [0.25, 0.3) is 0 Å². The molecule has 0 aromatic heterocycles. The van der Waals surface area contributed by atoms with Crippen LogP contribution in [0.2, 0.25) is 0 Å². The maximum absolute atomic E-state index is 11.1. The standard InChI is InChI=1S/C7H13NO3.ClH/c9-2-1-7(11)6-3-5(10)4-8-6;/h5-6,8-10H,1-4H2;1H/t5-,6+;/m1./s1. The molecule has 1 saturated heterocycles. The number of hydrogen-bond donors (Lipinski definition) is 3. The van der Waals surface area contributed by atoms with Crippen molar-refractivity contribution < 1.29 is 15.0 Å². The van der Waals surface area contributed by atoms with Gasteiger partial charge in [0.2, 0.25) is 0 Å². The lowest BCUT2D eigenvalue weighted by atomic mass is 10.1. The van der Waals surface area contributed by atoms with Gasteiger partial charge >= 0.3 is 0 Å². The normalized spacial score (nSPS) is 28.2. The highest BCUT2D eigenvalue weighted by molar-refractivity contribution is 5.85. The van der Waals surface area contributed by atoms with Crippen LogP contribution < -0.4 is 5.32 Å². The number of ketones is 1. The molecule has 1 fully saturated rings. The van der Waals surface area contributed by atoms with E-state index in [4.69, 9.17) is 10.2 Å². The summed E-state index contributed by atoms with van der Waals surface area (Å²) >= 11 is 0. The number of hydrogen-bond acceptors (Lipinski definition) is 4. The first-order chi connectivity index (χ1) is 5.24. The second-order valence-electron chi connectivity index (χ2n) is 2.79. The Labute approximate surface area is 77.4 Å². The molecule has 0 saturated carbocycles. The summed E-state index contributed by atoms with van der Waals surface area (Å²) in [5.41, 5.74) is 0. The van der Waals surface area contributed by atoms with Gasteiger partial charge in [-0.05, 0) is 6.42 Å². The number of Topliss-reactive ketones (excluding diaryl/α,β-unsaturated/α-hetero) is 1. The molecule has 0 bridgehead atoms. The van der Waals surface area contributed by atoms with Gasteiger partial charge in [-0.2, -0.15) is 0 Å². The van der Waals surface area contributed by atoms with Crippen molar-refractivity contribution in [3.8, 4) is 0 Å². The van der Waals surface area contributed by atoms with Crippen molar-refractivity contribution in [3.63, 3.8) is 0 Å². The van der Waals surface area contributed by atoms with E-state index < -0.39 is 6.10 Å². The zero-order valence-electron chi connectivity index (χ0n) is 6.69. The van der Waals surface area contributed by atoms with Gasteiger partial charge in [-0.1, -0.05) is 0 Å². The molecule has 2 atom stereocenters. The monoisotopic (exact) mass is 195 g/mol. The van der Waals surface area contributed by atoms with Crippen LogP contribution in [0.25, 0.3) is 0 Å². The van der Waals surface area contributed by atoms with Crippen LogP contribution in [0.15, 0.2) is 0 Å². The Morgan fingerprint density at radius 1 is 1.58 bits per heavy atom. The fraction of sp³-hybridized carbons (Fsp3) is 0.857. The number of carbonyl (C=O) groups excluding carboxylic acids is 1. The Bertz CT molecular complexity index is 154. The predicted molar refractivity (Wildman–Crippen MR) is 46.4 cm³/mol. The quantitative estimate of drug-likeness (QED) is 0.545. The van der Waals surface area contributed by atoms with E-state index in [1.807, 2.05) is 0 Å². The van der Waals surface area contributed by atoms with Crippen molar-refractivity contribution in [2.24, 2.45) is 0 Å². The van der Waals surface area contributed by atoms with Crippen molar-refractivity contribution in [2.45, 2.75) is 25.0 Å². The van der Waals surface area contributed by atoms with E-state index in [9.17, 15) is 4.79 Å². The van der Waals surface area contributed by atoms with Crippen molar-refractivity contribution in [1.82, 2.24) is 5.32 Å². The molecule has 72 valence electrons. The Balaban J connectivity index is 0.00000121. The molecule has 0 radical (unpaired) electrons. The molecule has 4 nitrogen and oxygen atoms in total. The van der Waals surface area contributed by atoms with Crippen LogP contribution in [0.5, 0.6) is 0 Å². The summed E-state index contributed by atoms with van der Waals surface area (Å²) in [7, 11) is 0. The fourth-order valence-corrected chi connectivity index (χ4v) is 1.25. The smallest absolute Gasteiger partial charge is 0.152 e. The van der Waals surface area contributed by atoms with Crippen LogP contribution in [0, 0.1) is 0 Å². The molecule has 0 unspecified atom stereocenters. The summed E-state index contributed by atoms with van der Waals surface area (Å²) < 4.78 is 0. The average molecular weight is 196 g/mol. The summed E-state index contributed by atoms with van der Waals surface area (Å²) in [6.45, 7) is 0.384. The summed E-state index contributed by atoms with van der Waals surface area (Å²) in [4.78, 5) is 11.1. The molecule has 1 rings (SSSR count). The topological polar surface area (TPSA) is 69.6 Å². The highest BCUT2D eigenvalue weighted by atomic mass is 35.5. The van der Waals surface area contributed by atoms with Gasteiger partial charge in [-0.25, -0.2) is 0 Å². The lowest BCUT2D eigenvalue weighted by Gasteiger charge is -2.06. The third-order valence-corrected chi connectivity index (χ3v) is 1.85. The molecule has 1 heterocycles. The molecule has 1 aliphatic heterocycles. The van der Waals surface area contributed by atoms with Gasteiger partial charge in [-0.3, -0.25) is 4.79 Å². The van der Waals surface area contributed by atoms with Crippen LogP contribution >= 0.6 is 12.4 Å². The number of aliphatic hydroxyl groups excluding tert-OH is 2. The molecule has 0 aromatic carbocycles. The number of nitrogens with one attached hydrogen (secondary N) is 1. The highest BCUT2D eigenvalue weighted by Gasteiger charge is 2.26. The zero-order valence-corrected chi connectivity index (χ0v) is 7.51. The van der Waals surface area contributed by atoms with E-state index in [1.165, 1.54) is 0 Å². The van der Waals surface area contributed by atoms with E-state index in [0.717, 1.165) is 0 Å². The first kappa shape index (κ1) is 11.8. The molecule has 0 spiro atoms. The average Bonchev–Trinajstić information content (AvgIpc) is 2.36. The van der Waals surface area contributed by atoms with E-state index in [-0.39, 0.29) is 37.3 Å². The molecular formula is C7H14ClNO3. The first-order valence-corrected chi connectivity index (χ1v) is 3.79. The number of halogens is 1. The highest BCUT2D eigenvalue weighted by Crippen LogP contribution is 2.08. The summed E-state index contributed by atoms with van der Waals surface area (Å²) in [6, 6.07) is -0.239. The van der Waals surface area contributed by atoms with Gasteiger partial charge < -0.3 is 15.5 Å². The predicted octanol–water partition coefficient (Wildman–Crippen LogP) is -0.918. The van der Waals surface area contributed by atoms with Crippen LogP contribution in [-0.4, -0.2) is 41.3 Å². The van der Waals surface area contributed by atoms with Crippen molar-refractivity contribution in [3.05, 3.63) is 0 Å². The second-order valence-corrected chi connectivity index (χ2v) is 2.79. The SMILES string of the molecule is Cl.O=C(CCO)[C@@H]1C[C@@H](O)CN1. The van der Waals surface area contributed by atoms with Gasteiger partial charge in [0, 0.05) is 13.0 Å². The molecule has 5 heteroatoms. The Kier molecular flexibility index (Phi) is 5.41. The van der Waals surface area contributed by atoms with Gasteiger partial charge in [-0.15, -0.1) is 12.4 Å². The minimum Gasteiger partial charge on any atom is -0.396 e. The first-order valence-electron chi connectivity index (χ1n) is 3.79. The Hall–Kier alpha value is -0.160. The molecule has 3 N–H and O–H groups in total.